The lowest BCUT2D eigenvalue weighted by Crippen LogP contribution is -2.33. The van der Waals surface area contributed by atoms with Crippen molar-refractivity contribution in [2.45, 2.75) is 19.4 Å². The minimum Gasteiger partial charge on any atom is -0.291 e. The Morgan fingerprint density at radius 1 is 1.56 bits per heavy atom. The van der Waals surface area contributed by atoms with Crippen LogP contribution in [0.1, 0.15) is 29.8 Å². The van der Waals surface area contributed by atoms with Gasteiger partial charge in [0.2, 0.25) is 0 Å². The first-order chi connectivity index (χ1) is 8.67. The maximum atomic E-state index is 11.8. The van der Waals surface area contributed by atoms with E-state index in [0.29, 0.717) is 6.42 Å². The molecule has 0 bridgehead atoms. The van der Waals surface area contributed by atoms with Crippen LogP contribution in [0.2, 0.25) is 0 Å². The van der Waals surface area contributed by atoms with E-state index in [2.05, 4.69) is 4.98 Å². The Morgan fingerprint density at radius 3 is 2.89 bits per heavy atom. The topological polar surface area (TPSA) is 78.7 Å². The molecule has 0 radical (unpaired) electrons. The highest BCUT2D eigenvalue weighted by atomic mass is 32.1. The number of hydrogen-bond donors (Lipinski definition) is 1. The number of aromatic nitrogens is 2. The second-order valence-electron chi connectivity index (χ2n) is 3.76. The molecule has 0 amide bonds. The van der Waals surface area contributed by atoms with Crippen molar-refractivity contribution in [3.05, 3.63) is 55.0 Å². The van der Waals surface area contributed by atoms with Crippen LogP contribution in [0.15, 0.2) is 33.3 Å². The quantitative estimate of drug-likeness (QED) is 0.908. The predicted octanol–water partition coefficient (Wildman–Crippen LogP) is 1.47. The van der Waals surface area contributed by atoms with Crippen LogP contribution in [-0.4, -0.2) is 9.55 Å². The highest BCUT2D eigenvalue weighted by molar-refractivity contribution is 7.10. The van der Waals surface area contributed by atoms with Gasteiger partial charge in [-0.15, -0.1) is 11.3 Å². The van der Waals surface area contributed by atoms with E-state index < -0.39 is 11.2 Å². The van der Waals surface area contributed by atoms with Gasteiger partial charge in [-0.3, -0.25) is 14.3 Å². The molecule has 18 heavy (non-hydrogen) atoms. The summed E-state index contributed by atoms with van der Waals surface area (Å²) in [5.41, 5.74) is -1.18. The molecule has 2 aromatic rings. The van der Waals surface area contributed by atoms with Crippen LogP contribution in [-0.2, 0) is 0 Å². The van der Waals surface area contributed by atoms with Crippen molar-refractivity contribution in [2.24, 2.45) is 0 Å². The molecule has 1 atom stereocenters. The fraction of sp³-hybridized carbons (Fsp3) is 0.250. The zero-order valence-corrected chi connectivity index (χ0v) is 10.5. The standard InChI is InChI=1S/C12H11N3O2S/c1-2-9(10-4-3-5-18-10)15-7-8(6-13)11(16)14-12(15)17/h3-5,7,9H,2H2,1H3,(H,14,16,17). The van der Waals surface area contributed by atoms with Crippen LogP contribution in [0.25, 0.3) is 0 Å². The molecule has 0 spiro atoms. The van der Waals surface area contributed by atoms with Crippen LogP contribution in [0.5, 0.6) is 0 Å². The highest BCUT2D eigenvalue weighted by Gasteiger charge is 2.15. The van der Waals surface area contributed by atoms with Gasteiger partial charge < -0.3 is 0 Å². The molecule has 2 aromatic heterocycles. The third kappa shape index (κ3) is 2.13. The largest absolute Gasteiger partial charge is 0.328 e. The third-order valence-corrected chi connectivity index (χ3v) is 3.66. The van der Waals surface area contributed by atoms with Gasteiger partial charge in [-0.2, -0.15) is 5.26 Å². The Bertz CT molecular complexity index is 691. The fourth-order valence-corrected chi connectivity index (χ4v) is 2.72. The first-order valence-corrected chi connectivity index (χ1v) is 6.34. The maximum absolute atomic E-state index is 11.8. The van der Waals surface area contributed by atoms with Crippen LogP contribution in [0.3, 0.4) is 0 Å². The molecule has 1 unspecified atom stereocenters. The van der Waals surface area contributed by atoms with Gasteiger partial charge in [0, 0.05) is 11.1 Å². The molecule has 0 fully saturated rings. The molecule has 0 aromatic carbocycles. The van der Waals surface area contributed by atoms with Crippen molar-refractivity contribution in [3.63, 3.8) is 0 Å². The van der Waals surface area contributed by atoms with Crippen molar-refractivity contribution < 1.29 is 0 Å². The molecular formula is C12H11N3O2S. The zero-order valence-electron chi connectivity index (χ0n) is 9.71. The summed E-state index contributed by atoms with van der Waals surface area (Å²) in [6.07, 6.45) is 2.03. The highest BCUT2D eigenvalue weighted by Crippen LogP contribution is 2.24. The van der Waals surface area contributed by atoms with Crippen LogP contribution in [0, 0.1) is 11.3 Å². The summed E-state index contributed by atoms with van der Waals surface area (Å²) in [4.78, 5) is 26.3. The zero-order chi connectivity index (χ0) is 13.1. The van der Waals surface area contributed by atoms with E-state index in [1.54, 1.807) is 17.4 Å². The number of thiophene rings is 1. The molecule has 6 heteroatoms. The van der Waals surface area contributed by atoms with Crippen molar-refractivity contribution in [1.82, 2.24) is 9.55 Å². The van der Waals surface area contributed by atoms with Gasteiger partial charge >= 0.3 is 5.69 Å². The normalized spacial score (nSPS) is 12.0. The van der Waals surface area contributed by atoms with Gasteiger partial charge in [0.05, 0.1) is 6.04 Å². The predicted molar refractivity (Wildman–Crippen MR) is 68.8 cm³/mol. The Kier molecular flexibility index (Phi) is 3.44. The molecular weight excluding hydrogens is 250 g/mol. The average molecular weight is 261 g/mol. The Morgan fingerprint density at radius 2 is 2.33 bits per heavy atom. The second-order valence-corrected chi connectivity index (χ2v) is 4.74. The smallest absolute Gasteiger partial charge is 0.291 e. The van der Waals surface area contributed by atoms with E-state index in [1.807, 2.05) is 24.4 Å². The molecule has 2 heterocycles. The number of hydrogen-bond acceptors (Lipinski definition) is 4. The lowest BCUT2D eigenvalue weighted by molar-refractivity contribution is 0.541. The second kappa shape index (κ2) is 5.02. The molecule has 0 aliphatic carbocycles. The van der Waals surface area contributed by atoms with Gasteiger partial charge in [-0.25, -0.2) is 4.79 Å². The molecule has 5 nitrogen and oxygen atoms in total. The average Bonchev–Trinajstić information content (AvgIpc) is 2.86. The summed E-state index contributed by atoms with van der Waals surface area (Å²) in [6.45, 7) is 1.95. The molecule has 0 aliphatic rings. The third-order valence-electron chi connectivity index (χ3n) is 2.68. The number of rotatable bonds is 3. The summed E-state index contributed by atoms with van der Waals surface area (Å²) < 4.78 is 1.41. The molecule has 1 N–H and O–H groups in total. The van der Waals surface area contributed by atoms with Crippen LogP contribution in [0.4, 0.5) is 0 Å². The first-order valence-electron chi connectivity index (χ1n) is 5.46. The minimum absolute atomic E-state index is 0.0513. The summed E-state index contributed by atoms with van der Waals surface area (Å²) in [6, 6.07) is 5.48. The van der Waals surface area contributed by atoms with Gasteiger partial charge in [-0.05, 0) is 17.9 Å². The van der Waals surface area contributed by atoms with Crippen LogP contribution < -0.4 is 11.2 Å². The molecule has 92 valence electrons. The number of nitrogens with one attached hydrogen (secondary N) is 1. The summed E-state index contributed by atoms with van der Waals surface area (Å²) in [7, 11) is 0. The van der Waals surface area contributed by atoms with Gasteiger partial charge in [0.15, 0.2) is 0 Å². The van der Waals surface area contributed by atoms with Gasteiger partial charge in [0.25, 0.3) is 5.56 Å². The van der Waals surface area contributed by atoms with Crippen molar-refractivity contribution >= 4 is 11.3 Å². The summed E-state index contributed by atoms with van der Waals surface area (Å²) in [5.74, 6) is 0. The first kappa shape index (κ1) is 12.3. The Labute approximate surface area is 107 Å². The lowest BCUT2D eigenvalue weighted by atomic mass is 10.2. The fourth-order valence-electron chi connectivity index (χ4n) is 1.81. The van der Waals surface area contributed by atoms with E-state index in [-0.39, 0.29) is 11.6 Å². The van der Waals surface area contributed by atoms with E-state index in [4.69, 9.17) is 5.26 Å². The lowest BCUT2D eigenvalue weighted by Gasteiger charge is -2.16. The van der Waals surface area contributed by atoms with E-state index >= 15 is 0 Å². The maximum Gasteiger partial charge on any atom is 0.328 e. The number of aromatic amines is 1. The summed E-state index contributed by atoms with van der Waals surface area (Å²) in [5, 5.41) is 10.8. The van der Waals surface area contributed by atoms with E-state index in [9.17, 15) is 9.59 Å². The molecule has 0 saturated heterocycles. The Hall–Kier alpha value is -2.13. The molecule has 0 saturated carbocycles. The monoisotopic (exact) mass is 261 g/mol. The van der Waals surface area contributed by atoms with Crippen molar-refractivity contribution in [3.8, 4) is 6.07 Å². The van der Waals surface area contributed by atoms with E-state index in [0.717, 1.165) is 4.88 Å². The number of H-pyrrole nitrogens is 1. The van der Waals surface area contributed by atoms with Crippen molar-refractivity contribution in [1.29, 1.82) is 5.26 Å². The van der Waals surface area contributed by atoms with Crippen LogP contribution >= 0.6 is 11.3 Å². The van der Waals surface area contributed by atoms with E-state index in [1.165, 1.54) is 10.8 Å². The SMILES string of the molecule is CCC(c1cccs1)n1cc(C#N)c(=O)[nH]c1=O. The summed E-state index contributed by atoms with van der Waals surface area (Å²) >= 11 is 1.54. The van der Waals surface area contributed by atoms with Gasteiger partial charge in [-0.1, -0.05) is 13.0 Å². The molecule has 0 aliphatic heterocycles. The minimum atomic E-state index is -0.639. The van der Waals surface area contributed by atoms with Gasteiger partial charge in [0.1, 0.15) is 11.6 Å². The van der Waals surface area contributed by atoms with Crippen molar-refractivity contribution in [2.75, 3.05) is 0 Å². The molecule has 2 rings (SSSR count). The number of nitrogens with zero attached hydrogens (tertiary/aromatic N) is 2. The Balaban J connectivity index is 2.60. The number of nitriles is 1.